The highest BCUT2D eigenvalue weighted by Crippen LogP contribution is 2.16. The Morgan fingerprint density at radius 1 is 1.17 bits per heavy atom. The van der Waals surface area contributed by atoms with Crippen molar-refractivity contribution in [2.75, 3.05) is 0 Å². The second-order valence-electron chi connectivity index (χ2n) is 5.58. The van der Waals surface area contributed by atoms with Gasteiger partial charge in [-0.05, 0) is 43.7 Å². The first kappa shape index (κ1) is 15.9. The molecule has 0 fully saturated rings. The second kappa shape index (κ2) is 6.23. The topological polar surface area (TPSA) is 65.1 Å². The molecule has 1 aromatic heterocycles. The Morgan fingerprint density at radius 2 is 1.88 bits per heavy atom. The third-order valence-electron chi connectivity index (χ3n) is 3.67. The predicted octanol–water partition coefficient (Wildman–Crippen LogP) is 3.14. The van der Waals surface area contributed by atoms with Crippen molar-refractivity contribution < 1.29 is 13.6 Å². The van der Waals surface area contributed by atoms with E-state index >= 15 is 0 Å². The van der Waals surface area contributed by atoms with Crippen molar-refractivity contribution in [1.82, 2.24) is 9.78 Å². The molecule has 0 aliphatic carbocycles. The lowest BCUT2D eigenvalue weighted by Crippen LogP contribution is -2.22. The van der Waals surface area contributed by atoms with E-state index < -0.39 is 11.6 Å². The van der Waals surface area contributed by atoms with Crippen molar-refractivity contribution in [3.8, 4) is 11.5 Å². The van der Waals surface area contributed by atoms with Crippen molar-refractivity contribution in [3.63, 3.8) is 0 Å². The van der Waals surface area contributed by atoms with Gasteiger partial charge in [0.2, 0.25) is 5.89 Å². The molecule has 0 amide bonds. The quantitative estimate of drug-likeness (QED) is 0.691. The molecule has 6 heteroatoms. The minimum absolute atomic E-state index is 0.0495. The molecule has 0 unspecified atom stereocenters. The van der Waals surface area contributed by atoms with Crippen molar-refractivity contribution in [3.05, 3.63) is 75.5 Å². The molecule has 5 nitrogen and oxygen atoms in total. The number of carbonyl (C=O) groups is 1. The predicted molar refractivity (Wildman–Crippen MR) is 86.4 cm³/mol. The van der Waals surface area contributed by atoms with E-state index in [1.807, 2.05) is 26.0 Å². The van der Waals surface area contributed by atoms with E-state index in [4.69, 9.17) is 4.42 Å². The smallest absolute Gasteiger partial charge is 0.388 e. The Labute approximate surface area is 137 Å². The molecule has 0 radical (unpaired) electrons. The Hall–Kier alpha value is -3.02. The zero-order valence-electron chi connectivity index (χ0n) is 13.2. The number of hydrogen-bond donors (Lipinski definition) is 0. The number of halogens is 1. The lowest BCUT2D eigenvalue weighted by atomic mass is 10.0. The lowest BCUT2D eigenvalue weighted by molar-refractivity contribution is 0.0964. The van der Waals surface area contributed by atoms with Crippen molar-refractivity contribution >= 4 is 5.78 Å². The van der Waals surface area contributed by atoms with Crippen LogP contribution >= 0.6 is 0 Å². The fourth-order valence-corrected chi connectivity index (χ4v) is 2.46. The van der Waals surface area contributed by atoms with E-state index in [9.17, 15) is 14.0 Å². The summed E-state index contributed by atoms with van der Waals surface area (Å²) in [5.41, 5.74) is 2.90. The Bertz CT molecular complexity index is 955. The number of carbonyl (C=O) groups excluding carboxylic acids is 1. The van der Waals surface area contributed by atoms with Gasteiger partial charge in [-0.3, -0.25) is 4.79 Å². The van der Waals surface area contributed by atoms with Gasteiger partial charge < -0.3 is 4.42 Å². The van der Waals surface area contributed by atoms with Gasteiger partial charge in [0, 0.05) is 11.1 Å². The molecule has 0 N–H and O–H groups in total. The second-order valence-corrected chi connectivity index (χ2v) is 5.58. The summed E-state index contributed by atoms with van der Waals surface area (Å²) in [5, 5.41) is 4.02. The van der Waals surface area contributed by atoms with Crippen LogP contribution in [0.15, 0.2) is 51.7 Å². The van der Waals surface area contributed by atoms with E-state index in [0.29, 0.717) is 11.1 Å². The van der Waals surface area contributed by atoms with E-state index in [2.05, 4.69) is 5.10 Å². The average molecular weight is 326 g/mol. The van der Waals surface area contributed by atoms with Crippen LogP contribution in [0.5, 0.6) is 0 Å². The maximum atomic E-state index is 13.0. The molecule has 0 saturated heterocycles. The van der Waals surface area contributed by atoms with Crippen molar-refractivity contribution in [2.24, 2.45) is 0 Å². The van der Waals surface area contributed by atoms with Crippen LogP contribution in [-0.2, 0) is 6.54 Å². The zero-order chi connectivity index (χ0) is 17.3. The monoisotopic (exact) mass is 326 g/mol. The number of Topliss-reactive ketones (excluding diaryl/α,β-unsaturated/α-hetero) is 1. The van der Waals surface area contributed by atoms with Crippen LogP contribution in [0.4, 0.5) is 4.39 Å². The fourth-order valence-electron chi connectivity index (χ4n) is 2.46. The molecule has 3 rings (SSSR count). The molecule has 0 saturated carbocycles. The molecule has 1 heterocycles. The first-order valence-corrected chi connectivity index (χ1v) is 7.38. The van der Waals surface area contributed by atoms with E-state index in [1.54, 1.807) is 6.07 Å². The molecular weight excluding hydrogens is 311 g/mol. The Morgan fingerprint density at radius 3 is 2.54 bits per heavy atom. The maximum Gasteiger partial charge on any atom is 0.437 e. The van der Waals surface area contributed by atoms with Crippen LogP contribution in [0.2, 0.25) is 0 Å². The third kappa shape index (κ3) is 3.17. The van der Waals surface area contributed by atoms with Crippen LogP contribution in [0.1, 0.15) is 21.5 Å². The van der Waals surface area contributed by atoms with Gasteiger partial charge in [0.05, 0.1) is 0 Å². The first-order chi connectivity index (χ1) is 11.4. The number of aromatic nitrogens is 2. The highest BCUT2D eigenvalue weighted by molar-refractivity contribution is 5.97. The summed E-state index contributed by atoms with van der Waals surface area (Å²) < 4.78 is 19.0. The van der Waals surface area contributed by atoms with Gasteiger partial charge in [0.15, 0.2) is 5.78 Å². The van der Waals surface area contributed by atoms with Crippen LogP contribution in [0, 0.1) is 19.7 Å². The third-order valence-corrected chi connectivity index (χ3v) is 3.67. The molecular formula is C18H15FN2O3. The number of benzene rings is 2. The molecule has 0 atom stereocenters. The first-order valence-electron chi connectivity index (χ1n) is 7.38. The van der Waals surface area contributed by atoms with Gasteiger partial charge in [-0.25, -0.2) is 9.18 Å². The summed E-state index contributed by atoms with van der Waals surface area (Å²) in [6.45, 7) is 3.57. The number of nitrogens with zero attached hydrogens (tertiary/aromatic N) is 2. The standard InChI is InChI=1S/C18H15FN2O3/c1-11-3-8-15(12(2)9-11)16(22)10-21-18(23)24-17(20-21)13-4-6-14(19)7-5-13/h3-9H,10H2,1-2H3. The molecule has 24 heavy (non-hydrogen) atoms. The molecule has 0 aliphatic heterocycles. The fraction of sp³-hybridized carbons (Fsp3) is 0.167. The van der Waals surface area contributed by atoms with E-state index in [0.717, 1.165) is 15.8 Å². The van der Waals surface area contributed by atoms with Crippen molar-refractivity contribution in [2.45, 2.75) is 20.4 Å². The van der Waals surface area contributed by atoms with Crippen molar-refractivity contribution in [1.29, 1.82) is 0 Å². The molecule has 2 aromatic carbocycles. The van der Waals surface area contributed by atoms with E-state index in [1.165, 1.54) is 24.3 Å². The van der Waals surface area contributed by atoms with Gasteiger partial charge in [0.25, 0.3) is 0 Å². The van der Waals surface area contributed by atoms with Crippen LogP contribution in [-0.4, -0.2) is 15.6 Å². The van der Waals surface area contributed by atoms with Gasteiger partial charge in [-0.1, -0.05) is 23.8 Å². The largest absolute Gasteiger partial charge is 0.437 e. The number of aryl methyl sites for hydroxylation is 2. The summed E-state index contributed by atoms with van der Waals surface area (Å²) in [6.07, 6.45) is 0. The molecule has 122 valence electrons. The zero-order valence-corrected chi connectivity index (χ0v) is 13.2. The number of rotatable bonds is 4. The van der Waals surface area contributed by atoms with Gasteiger partial charge in [0.1, 0.15) is 12.4 Å². The summed E-state index contributed by atoms with van der Waals surface area (Å²) in [7, 11) is 0. The summed E-state index contributed by atoms with van der Waals surface area (Å²) >= 11 is 0. The van der Waals surface area contributed by atoms with Gasteiger partial charge >= 0.3 is 5.76 Å². The van der Waals surface area contributed by atoms with E-state index in [-0.39, 0.29) is 18.2 Å². The Balaban J connectivity index is 1.87. The minimum Gasteiger partial charge on any atom is -0.388 e. The number of ketones is 1. The molecule has 3 aromatic rings. The Kier molecular flexibility index (Phi) is 4.12. The average Bonchev–Trinajstić information content (AvgIpc) is 2.88. The molecule has 0 bridgehead atoms. The highest BCUT2D eigenvalue weighted by atomic mass is 19.1. The lowest BCUT2D eigenvalue weighted by Gasteiger charge is -2.05. The maximum absolute atomic E-state index is 13.0. The van der Waals surface area contributed by atoms with Gasteiger partial charge in [-0.2, -0.15) is 4.68 Å². The SMILES string of the molecule is Cc1ccc(C(=O)Cn2nc(-c3ccc(F)cc3)oc2=O)c(C)c1. The van der Waals surface area contributed by atoms with Gasteiger partial charge in [-0.15, -0.1) is 5.10 Å². The van der Waals surface area contributed by atoms with Crippen LogP contribution in [0.3, 0.4) is 0 Å². The molecule has 0 aliphatic rings. The summed E-state index contributed by atoms with van der Waals surface area (Å²) in [4.78, 5) is 24.3. The minimum atomic E-state index is -0.729. The number of hydrogen-bond acceptors (Lipinski definition) is 4. The normalized spacial score (nSPS) is 10.8. The van der Waals surface area contributed by atoms with Crippen LogP contribution < -0.4 is 5.76 Å². The summed E-state index contributed by atoms with van der Waals surface area (Å²) in [5.74, 6) is -1.31. The summed E-state index contributed by atoms with van der Waals surface area (Å²) in [6, 6.07) is 10.9. The molecule has 0 spiro atoms. The van der Waals surface area contributed by atoms with Crippen LogP contribution in [0.25, 0.3) is 11.5 Å². The highest BCUT2D eigenvalue weighted by Gasteiger charge is 2.15.